The van der Waals surface area contributed by atoms with Crippen LogP contribution in [0.4, 0.5) is 0 Å². The van der Waals surface area contributed by atoms with Gasteiger partial charge in [-0.3, -0.25) is 9.59 Å². The van der Waals surface area contributed by atoms with Crippen molar-refractivity contribution < 1.29 is 19.1 Å². The van der Waals surface area contributed by atoms with Gasteiger partial charge < -0.3 is 14.8 Å². The van der Waals surface area contributed by atoms with E-state index in [1.165, 1.54) is 18.9 Å². The van der Waals surface area contributed by atoms with Crippen molar-refractivity contribution in [2.24, 2.45) is 5.10 Å². The Morgan fingerprint density at radius 3 is 2.54 bits per heavy atom. The van der Waals surface area contributed by atoms with Gasteiger partial charge in [-0.15, -0.1) is 0 Å². The van der Waals surface area contributed by atoms with Gasteiger partial charge in [0.1, 0.15) is 6.61 Å². The van der Waals surface area contributed by atoms with Crippen molar-refractivity contribution in [3.05, 3.63) is 58.1 Å². The third kappa shape index (κ3) is 5.99. The lowest BCUT2D eigenvalue weighted by molar-refractivity contribution is -0.139. The van der Waals surface area contributed by atoms with Crippen molar-refractivity contribution in [3.8, 4) is 11.5 Å². The topological polar surface area (TPSA) is 89.0 Å². The molecule has 0 aliphatic rings. The van der Waals surface area contributed by atoms with Crippen molar-refractivity contribution in [2.45, 2.75) is 20.5 Å². The minimum Gasteiger partial charge on any atom is -0.493 e. The summed E-state index contributed by atoms with van der Waals surface area (Å²) in [5.41, 5.74) is 4.88. The van der Waals surface area contributed by atoms with E-state index in [9.17, 15) is 9.59 Å². The summed E-state index contributed by atoms with van der Waals surface area (Å²) in [7, 11) is 1.50. The van der Waals surface area contributed by atoms with E-state index in [1.54, 1.807) is 19.1 Å². The van der Waals surface area contributed by atoms with Gasteiger partial charge in [0.25, 0.3) is 0 Å². The summed E-state index contributed by atoms with van der Waals surface area (Å²) in [6, 6.07) is 11.3. The molecule has 0 aliphatic carbocycles. The summed E-state index contributed by atoms with van der Waals surface area (Å²) in [6.07, 6.45) is 1.36. The van der Waals surface area contributed by atoms with Gasteiger partial charge in [-0.1, -0.05) is 41.4 Å². The Morgan fingerprint density at radius 2 is 1.89 bits per heavy atom. The lowest BCUT2D eigenvalue weighted by atomic mass is 10.1. The van der Waals surface area contributed by atoms with Gasteiger partial charge >= 0.3 is 11.8 Å². The molecule has 0 aliphatic heterocycles. The van der Waals surface area contributed by atoms with Crippen molar-refractivity contribution in [2.75, 3.05) is 13.7 Å². The number of likely N-dealkylation sites (N-methyl/N-ethyl adjacent to an activating group) is 1. The second-order valence-corrected chi connectivity index (χ2v) is 6.27. The number of methoxy groups -OCH3 is 1. The van der Waals surface area contributed by atoms with Gasteiger partial charge in [-0.25, -0.2) is 5.43 Å². The molecular formula is C20H22ClN3O4. The van der Waals surface area contributed by atoms with Crippen molar-refractivity contribution in [1.82, 2.24) is 10.7 Å². The quantitative estimate of drug-likeness (QED) is 0.422. The number of benzene rings is 2. The normalized spacial score (nSPS) is 10.6. The fourth-order valence-corrected chi connectivity index (χ4v) is 2.52. The number of ether oxygens (including phenoxy) is 2. The zero-order chi connectivity index (χ0) is 20.5. The molecule has 0 saturated heterocycles. The molecule has 2 N–H and O–H groups in total. The number of nitrogens with zero attached hydrogens (tertiary/aromatic N) is 1. The van der Waals surface area contributed by atoms with Crippen LogP contribution in [0.25, 0.3) is 0 Å². The maximum absolute atomic E-state index is 11.5. The van der Waals surface area contributed by atoms with Crippen LogP contribution in [0.1, 0.15) is 23.6 Å². The van der Waals surface area contributed by atoms with E-state index in [4.69, 9.17) is 21.1 Å². The summed E-state index contributed by atoms with van der Waals surface area (Å²) >= 11 is 6.32. The SMILES string of the molecule is CCNC(=O)C(=O)N/N=C\c1cc(Cl)c(OCc2ccc(C)cc2)c(OC)c1. The predicted octanol–water partition coefficient (Wildman–Crippen LogP) is 2.82. The first-order valence-electron chi connectivity index (χ1n) is 8.61. The lowest BCUT2D eigenvalue weighted by Gasteiger charge is -2.13. The van der Waals surface area contributed by atoms with Gasteiger partial charge in [0, 0.05) is 6.54 Å². The molecular weight excluding hydrogens is 382 g/mol. The fraction of sp³-hybridized carbons (Fsp3) is 0.250. The number of amides is 2. The smallest absolute Gasteiger partial charge is 0.329 e. The summed E-state index contributed by atoms with van der Waals surface area (Å²) < 4.78 is 11.2. The van der Waals surface area contributed by atoms with E-state index in [1.807, 2.05) is 31.2 Å². The van der Waals surface area contributed by atoms with E-state index in [2.05, 4.69) is 15.8 Å². The van der Waals surface area contributed by atoms with E-state index in [0.717, 1.165) is 5.56 Å². The Bertz CT molecular complexity index is 866. The molecule has 2 aromatic rings. The zero-order valence-corrected chi connectivity index (χ0v) is 16.7. The number of carbonyl (C=O) groups excluding carboxylic acids is 2. The molecule has 0 bridgehead atoms. The predicted molar refractivity (Wildman–Crippen MR) is 108 cm³/mol. The number of carbonyl (C=O) groups is 2. The second-order valence-electron chi connectivity index (χ2n) is 5.87. The first kappa shape index (κ1) is 21.2. The Hall–Kier alpha value is -3.06. The molecule has 0 aromatic heterocycles. The van der Waals surface area contributed by atoms with Crippen LogP contribution in [0, 0.1) is 6.92 Å². The fourth-order valence-electron chi connectivity index (χ4n) is 2.25. The highest BCUT2D eigenvalue weighted by Crippen LogP contribution is 2.36. The molecule has 8 heteroatoms. The van der Waals surface area contributed by atoms with Gasteiger partial charge in [0.05, 0.1) is 18.3 Å². The molecule has 0 radical (unpaired) electrons. The number of rotatable bonds is 7. The van der Waals surface area contributed by atoms with Crippen molar-refractivity contribution in [3.63, 3.8) is 0 Å². The first-order chi connectivity index (χ1) is 13.4. The van der Waals surface area contributed by atoms with Crippen LogP contribution in [0.5, 0.6) is 11.5 Å². The highest BCUT2D eigenvalue weighted by atomic mass is 35.5. The van der Waals surface area contributed by atoms with Gasteiger partial charge in [-0.05, 0) is 37.1 Å². The molecule has 0 heterocycles. The standard InChI is InChI=1S/C20H22ClN3O4/c1-4-22-19(25)20(26)24-23-11-15-9-16(21)18(17(10-15)27-3)28-12-14-7-5-13(2)6-8-14/h5-11H,4,12H2,1-3H3,(H,22,25)(H,24,26)/b23-11-. The summed E-state index contributed by atoms with van der Waals surface area (Å²) in [4.78, 5) is 22.8. The highest BCUT2D eigenvalue weighted by Gasteiger charge is 2.13. The second kappa shape index (κ2) is 10.3. The van der Waals surface area contributed by atoms with Crippen LogP contribution in [0.15, 0.2) is 41.5 Å². The largest absolute Gasteiger partial charge is 0.493 e. The molecule has 0 spiro atoms. The summed E-state index contributed by atoms with van der Waals surface area (Å²) in [5.74, 6) is -0.770. The van der Waals surface area contributed by atoms with Crippen LogP contribution in [-0.2, 0) is 16.2 Å². The van der Waals surface area contributed by atoms with E-state index in [0.29, 0.717) is 35.2 Å². The summed E-state index contributed by atoms with van der Waals surface area (Å²) in [6.45, 7) is 4.42. The Kier molecular flexibility index (Phi) is 7.83. The molecule has 148 valence electrons. The van der Waals surface area contributed by atoms with E-state index in [-0.39, 0.29) is 0 Å². The molecule has 2 aromatic carbocycles. The number of nitrogens with one attached hydrogen (secondary N) is 2. The zero-order valence-electron chi connectivity index (χ0n) is 15.9. The average Bonchev–Trinajstić information content (AvgIpc) is 2.68. The molecule has 0 saturated carbocycles. The number of hydrazone groups is 1. The molecule has 2 rings (SSSR count). The Labute approximate surface area is 168 Å². The highest BCUT2D eigenvalue weighted by molar-refractivity contribution is 6.35. The van der Waals surface area contributed by atoms with Crippen molar-refractivity contribution in [1.29, 1.82) is 0 Å². The third-order valence-corrected chi connectivity index (χ3v) is 3.96. The van der Waals surface area contributed by atoms with Gasteiger partial charge in [-0.2, -0.15) is 5.10 Å². The van der Waals surface area contributed by atoms with Crippen LogP contribution < -0.4 is 20.2 Å². The minimum absolute atomic E-state index is 0.336. The number of aryl methyl sites for hydroxylation is 1. The molecule has 0 fully saturated rings. The van der Waals surface area contributed by atoms with Crippen LogP contribution in [0.3, 0.4) is 0 Å². The Morgan fingerprint density at radius 1 is 1.18 bits per heavy atom. The maximum atomic E-state index is 11.5. The monoisotopic (exact) mass is 403 g/mol. The summed E-state index contributed by atoms with van der Waals surface area (Å²) in [5, 5.41) is 6.47. The van der Waals surface area contributed by atoms with Crippen LogP contribution in [0.2, 0.25) is 5.02 Å². The lowest BCUT2D eigenvalue weighted by Crippen LogP contribution is -2.37. The third-order valence-electron chi connectivity index (χ3n) is 3.68. The van der Waals surface area contributed by atoms with Crippen LogP contribution in [-0.4, -0.2) is 31.7 Å². The molecule has 0 atom stereocenters. The number of hydrogen-bond acceptors (Lipinski definition) is 5. The van der Waals surface area contributed by atoms with Crippen molar-refractivity contribution >= 4 is 29.6 Å². The van der Waals surface area contributed by atoms with E-state index >= 15 is 0 Å². The average molecular weight is 404 g/mol. The molecule has 0 unspecified atom stereocenters. The first-order valence-corrected chi connectivity index (χ1v) is 8.99. The molecule has 7 nitrogen and oxygen atoms in total. The molecule has 28 heavy (non-hydrogen) atoms. The van der Waals surface area contributed by atoms with E-state index < -0.39 is 11.8 Å². The number of hydrogen-bond donors (Lipinski definition) is 2. The molecule has 2 amide bonds. The number of halogens is 1. The van der Waals surface area contributed by atoms with Gasteiger partial charge in [0.15, 0.2) is 11.5 Å². The van der Waals surface area contributed by atoms with Gasteiger partial charge in [0.2, 0.25) is 0 Å². The minimum atomic E-state index is -0.853. The Balaban J connectivity index is 2.07. The maximum Gasteiger partial charge on any atom is 0.329 e. The van der Waals surface area contributed by atoms with Crippen LogP contribution >= 0.6 is 11.6 Å².